The number of nitrogens with one attached hydrogen (secondary N) is 2. The van der Waals surface area contributed by atoms with Gasteiger partial charge in [0.2, 0.25) is 0 Å². The number of urea groups is 1. The van der Waals surface area contributed by atoms with Gasteiger partial charge >= 0.3 is 12.0 Å². The molecule has 0 aromatic heterocycles. The molecule has 2 amide bonds. The maximum atomic E-state index is 12.8. The minimum absolute atomic E-state index is 0.289. The van der Waals surface area contributed by atoms with Gasteiger partial charge in [-0.2, -0.15) is 0 Å². The van der Waals surface area contributed by atoms with Crippen molar-refractivity contribution >= 4 is 12.0 Å². The summed E-state index contributed by atoms with van der Waals surface area (Å²) < 4.78 is 5.32. The van der Waals surface area contributed by atoms with Gasteiger partial charge in [-0.3, -0.25) is 4.90 Å². The Kier molecular flexibility index (Phi) is 7.85. The predicted molar refractivity (Wildman–Crippen MR) is 106 cm³/mol. The lowest BCUT2D eigenvalue weighted by Crippen LogP contribution is -2.48. The van der Waals surface area contributed by atoms with Gasteiger partial charge in [-0.05, 0) is 45.3 Å². The van der Waals surface area contributed by atoms with Crippen LogP contribution < -0.4 is 10.6 Å². The van der Waals surface area contributed by atoms with E-state index >= 15 is 0 Å². The molecule has 1 aromatic rings. The summed E-state index contributed by atoms with van der Waals surface area (Å²) >= 11 is 0. The molecular weight excluding hydrogens is 342 g/mol. The lowest BCUT2D eigenvalue weighted by molar-refractivity contribution is -0.139. The van der Waals surface area contributed by atoms with Gasteiger partial charge in [0.25, 0.3) is 0 Å². The molecule has 1 atom stereocenters. The second kappa shape index (κ2) is 10.1. The monoisotopic (exact) mass is 373 g/mol. The first-order valence-electron chi connectivity index (χ1n) is 9.76. The highest BCUT2D eigenvalue weighted by Gasteiger charge is 2.34. The van der Waals surface area contributed by atoms with Crippen LogP contribution in [0.2, 0.25) is 0 Å². The van der Waals surface area contributed by atoms with Gasteiger partial charge in [0.1, 0.15) is 0 Å². The molecule has 1 aliphatic heterocycles. The molecule has 148 valence electrons. The number of esters is 1. The third-order valence-electron chi connectivity index (χ3n) is 4.52. The molecule has 2 N–H and O–H groups in total. The molecular formula is C21H31N3O3. The highest BCUT2D eigenvalue weighted by molar-refractivity contribution is 5.95. The van der Waals surface area contributed by atoms with Crippen LogP contribution in [0.1, 0.15) is 50.8 Å². The van der Waals surface area contributed by atoms with Crippen molar-refractivity contribution in [2.75, 3.05) is 26.2 Å². The van der Waals surface area contributed by atoms with E-state index in [-0.39, 0.29) is 12.6 Å². The first-order valence-corrected chi connectivity index (χ1v) is 9.76. The molecule has 0 fully saturated rings. The molecule has 1 aromatic carbocycles. The summed E-state index contributed by atoms with van der Waals surface area (Å²) in [4.78, 5) is 27.3. The molecule has 1 aliphatic rings. The van der Waals surface area contributed by atoms with Gasteiger partial charge in [-0.15, -0.1) is 0 Å². The number of ether oxygens (including phenoxy) is 1. The number of carbonyl (C=O) groups excluding carboxylic acids is 2. The first kappa shape index (κ1) is 21.0. The zero-order valence-corrected chi connectivity index (χ0v) is 16.8. The van der Waals surface area contributed by atoms with Crippen LogP contribution in [0.25, 0.3) is 0 Å². The number of nitrogens with zero attached hydrogens (tertiary/aromatic N) is 1. The number of hydrogen-bond acceptors (Lipinski definition) is 4. The van der Waals surface area contributed by atoms with Gasteiger partial charge < -0.3 is 15.4 Å². The van der Waals surface area contributed by atoms with Crippen LogP contribution >= 0.6 is 0 Å². The lowest BCUT2D eigenvalue weighted by atomic mass is 9.94. The van der Waals surface area contributed by atoms with E-state index in [1.54, 1.807) is 6.92 Å². The van der Waals surface area contributed by atoms with Crippen LogP contribution in [0.3, 0.4) is 0 Å². The summed E-state index contributed by atoms with van der Waals surface area (Å²) in [7, 11) is 0. The van der Waals surface area contributed by atoms with Gasteiger partial charge in [-0.25, -0.2) is 9.59 Å². The third-order valence-corrected chi connectivity index (χ3v) is 4.52. The average Bonchev–Trinajstić information content (AvgIpc) is 2.62. The molecule has 6 heteroatoms. The standard InChI is InChI=1S/C21H31N3O3/c1-5-12-24(13-6-2)14-17-18(20(25)27-7-3)19(23-21(26)22-17)16-10-8-15(4)9-11-16/h8-11,19H,5-7,12-14H2,1-4H3,(H2,22,23,26)/t19-/m1/s1. The summed E-state index contributed by atoms with van der Waals surface area (Å²) in [6.45, 7) is 10.7. The van der Waals surface area contributed by atoms with Gasteiger partial charge in [0, 0.05) is 12.2 Å². The van der Waals surface area contributed by atoms with E-state index in [0.29, 0.717) is 17.8 Å². The Labute approximate surface area is 162 Å². The SMILES string of the molecule is CCCN(CCC)CC1=C(C(=O)OCC)[C@@H](c2ccc(C)cc2)NC(=O)N1. The fourth-order valence-corrected chi connectivity index (χ4v) is 3.33. The quantitative estimate of drug-likeness (QED) is 0.652. The molecule has 0 spiro atoms. The summed E-state index contributed by atoms with van der Waals surface area (Å²) in [5.74, 6) is -0.390. The lowest BCUT2D eigenvalue weighted by Gasteiger charge is -2.32. The van der Waals surface area contributed by atoms with Crippen molar-refractivity contribution in [2.45, 2.75) is 46.6 Å². The first-order chi connectivity index (χ1) is 13.0. The van der Waals surface area contributed by atoms with Gasteiger partial charge in [-0.1, -0.05) is 43.7 Å². The number of carbonyl (C=O) groups is 2. The van der Waals surface area contributed by atoms with Crippen molar-refractivity contribution in [3.8, 4) is 0 Å². The van der Waals surface area contributed by atoms with E-state index in [2.05, 4.69) is 29.4 Å². The van der Waals surface area contributed by atoms with E-state index < -0.39 is 12.0 Å². The van der Waals surface area contributed by atoms with Gasteiger partial charge in [0.05, 0.1) is 18.2 Å². The van der Waals surface area contributed by atoms with Crippen LogP contribution in [0.4, 0.5) is 4.79 Å². The van der Waals surface area contributed by atoms with Crippen LogP contribution in [0.5, 0.6) is 0 Å². The Morgan fingerprint density at radius 1 is 1.11 bits per heavy atom. The number of aryl methyl sites for hydroxylation is 1. The molecule has 0 unspecified atom stereocenters. The number of hydrogen-bond donors (Lipinski definition) is 2. The Bertz CT molecular complexity index is 676. The minimum Gasteiger partial charge on any atom is -0.463 e. The molecule has 1 heterocycles. The van der Waals surface area contributed by atoms with Crippen LogP contribution in [0.15, 0.2) is 35.5 Å². The maximum absolute atomic E-state index is 12.8. The number of rotatable bonds is 9. The number of amides is 2. The van der Waals surface area contributed by atoms with Crippen LogP contribution in [-0.4, -0.2) is 43.1 Å². The second-order valence-electron chi connectivity index (χ2n) is 6.83. The van der Waals surface area contributed by atoms with Crippen molar-refractivity contribution in [1.82, 2.24) is 15.5 Å². The Morgan fingerprint density at radius 2 is 1.74 bits per heavy atom. The molecule has 6 nitrogen and oxygen atoms in total. The predicted octanol–water partition coefficient (Wildman–Crippen LogP) is 3.29. The highest BCUT2D eigenvalue weighted by atomic mass is 16.5. The van der Waals surface area contributed by atoms with Crippen molar-refractivity contribution < 1.29 is 14.3 Å². The molecule has 0 bridgehead atoms. The molecule has 0 aliphatic carbocycles. The van der Waals surface area contributed by atoms with Crippen molar-refractivity contribution in [3.63, 3.8) is 0 Å². The van der Waals surface area contributed by atoms with Crippen molar-refractivity contribution in [2.24, 2.45) is 0 Å². The zero-order chi connectivity index (χ0) is 19.8. The van der Waals surface area contributed by atoms with Gasteiger partial charge in [0.15, 0.2) is 0 Å². The molecule has 2 rings (SSSR count). The molecule has 27 heavy (non-hydrogen) atoms. The van der Waals surface area contributed by atoms with Crippen LogP contribution in [-0.2, 0) is 9.53 Å². The summed E-state index contributed by atoms with van der Waals surface area (Å²) in [5, 5.41) is 5.73. The molecule has 0 saturated carbocycles. The van der Waals surface area contributed by atoms with Crippen LogP contribution in [0, 0.1) is 6.92 Å². The van der Waals surface area contributed by atoms with E-state index in [4.69, 9.17) is 4.74 Å². The van der Waals surface area contributed by atoms with E-state index in [1.165, 1.54) is 0 Å². The largest absolute Gasteiger partial charge is 0.463 e. The summed E-state index contributed by atoms with van der Waals surface area (Å²) in [6, 6.07) is 7.03. The minimum atomic E-state index is -0.515. The Morgan fingerprint density at radius 3 is 2.30 bits per heavy atom. The second-order valence-corrected chi connectivity index (χ2v) is 6.83. The van der Waals surface area contributed by atoms with E-state index in [0.717, 1.165) is 37.1 Å². The third kappa shape index (κ3) is 5.57. The van der Waals surface area contributed by atoms with E-state index in [1.807, 2.05) is 31.2 Å². The number of benzene rings is 1. The molecule has 0 saturated heterocycles. The Hall–Kier alpha value is -2.34. The molecule has 0 radical (unpaired) electrons. The topological polar surface area (TPSA) is 70.7 Å². The maximum Gasteiger partial charge on any atom is 0.338 e. The fourth-order valence-electron chi connectivity index (χ4n) is 3.33. The highest BCUT2D eigenvalue weighted by Crippen LogP contribution is 2.28. The fraction of sp³-hybridized carbons (Fsp3) is 0.524. The Balaban J connectivity index is 2.45. The summed E-state index contributed by atoms with van der Waals surface area (Å²) in [6.07, 6.45) is 2.02. The normalized spacial score (nSPS) is 16.9. The summed E-state index contributed by atoms with van der Waals surface area (Å²) in [5.41, 5.74) is 3.11. The zero-order valence-electron chi connectivity index (χ0n) is 16.8. The van der Waals surface area contributed by atoms with E-state index in [9.17, 15) is 9.59 Å². The average molecular weight is 373 g/mol. The van der Waals surface area contributed by atoms with Crippen molar-refractivity contribution in [1.29, 1.82) is 0 Å². The smallest absolute Gasteiger partial charge is 0.338 e. The van der Waals surface area contributed by atoms with Crippen molar-refractivity contribution in [3.05, 3.63) is 46.7 Å².